The lowest BCUT2D eigenvalue weighted by molar-refractivity contribution is 0.178. The van der Waals surface area contributed by atoms with Gasteiger partial charge in [0.25, 0.3) is 0 Å². The van der Waals surface area contributed by atoms with Crippen molar-refractivity contribution >= 4 is 26.7 Å². The molecule has 5 rings (SSSR count). The molecule has 0 bridgehead atoms. The number of piperazine rings is 1. The van der Waals surface area contributed by atoms with Gasteiger partial charge in [-0.15, -0.1) is 0 Å². The van der Waals surface area contributed by atoms with Crippen LogP contribution in [-0.2, 0) is 16.6 Å². The number of fused-ring (bicyclic) bond motifs is 1. The largest absolute Gasteiger partial charge is 0.457 e. The normalized spacial score (nSPS) is 15.0. The number of rotatable bonds is 11. The molecule has 1 aromatic heterocycles. The minimum Gasteiger partial charge on any atom is -0.457 e. The van der Waals surface area contributed by atoms with E-state index in [2.05, 4.69) is 29.2 Å². The average Bonchev–Trinajstić information content (AvgIpc) is 2.96. The number of hydrogen-bond acceptors (Lipinski definition) is 8. The van der Waals surface area contributed by atoms with Crippen molar-refractivity contribution < 1.29 is 13.2 Å². The molecule has 10 heteroatoms. The van der Waals surface area contributed by atoms with Gasteiger partial charge in [-0.2, -0.15) is 4.31 Å². The van der Waals surface area contributed by atoms with Crippen LogP contribution in [0.25, 0.3) is 10.9 Å². The predicted octanol–water partition coefficient (Wildman–Crippen LogP) is 4.29. The van der Waals surface area contributed by atoms with Crippen molar-refractivity contribution in [1.29, 1.82) is 0 Å². The number of anilines is 1. The van der Waals surface area contributed by atoms with E-state index in [-0.39, 0.29) is 4.90 Å². The number of sulfonamides is 1. The van der Waals surface area contributed by atoms with E-state index in [1.165, 1.54) is 0 Å². The van der Waals surface area contributed by atoms with Gasteiger partial charge >= 0.3 is 0 Å². The number of ether oxygens (including phenoxy) is 1. The highest BCUT2D eigenvalue weighted by Crippen LogP contribution is 2.25. The summed E-state index contributed by atoms with van der Waals surface area (Å²) in [4.78, 5) is 14.3. The van der Waals surface area contributed by atoms with Crippen molar-refractivity contribution in [2.45, 2.75) is 17.9 Å². The number of para-hydroxylation sites is 2. The Morgan fingerprint density at radius 2 is 1.52 bits per heavy atom. The van der Waals surface area contributed by atoms with Gasteiger partial charge in [0.05, 0.1) is 17.0 Å². The highest BCUT2D eigenvalue weighted by molar-refractivity contribution is 7.89. The quantitative estimate of drug-likeness (QED) is 0.272. The van der Waals surface area contributed by atoms with Gasteiger partial charge in [-0.25, -0.2) is 18.4 Å². The molecule has 1 N–H and O–H groups in total. The van der Waals surface area contributed by atoms with E-state index in [1.807, 2.05) is 54.6 Å². The maximum atomic E-state index is 13.3. The molecule has 1 aliphatic rings. The zero-order valence-corrected chi connectivity index (χ0v) is 23.8. The summed E-state index contributed by atoms with van der Waals surface area (Å²) >= 11 is 0. The van der Waals surface area contributed by atoms with E-state index in [9.17, 15) is 8.42 Å². The summed E-state index contributed by atoms with van der Waals surface area (Å²) in [7, 11) is 0.545. The molecule has 9 nitrogen and oxygen atoms in total. The number of nitrogens with one attached hydrogen (secondary N) is 1. The van der Waals surface area contributed by atoms with Crippen LogP contribution in [-0.4, -0.2) is 85.9 Å². The lowest BCUT2D eigenvalue weighted by Crippen LogP contribution is -2.48. The van der Waals surface area contributed by atoms with Crippen LogP contribution in [0, 0.1) is 0 Å². The summed E-state index contributed by atoms with van der Waals surface area (Å²) < 4.78 is 34.0. The fraction of sp³-hybridized carbons (Fsp3) is 0.333. The van der Waals surface area contributed by atoms with Gasteiger partial charge < -0.3 is 15.0 Å². The molecular weight excluding hydrogens is 524 g/mol. The molecule has 0 spiro atoms. The summed E-state index contributed by atoms with van der Waals surface area (Å²) in [6, 6.07) is 24.0. The highest BCUT2D eigenvalue weighted by Gasteiger charge is 2.29. The summed E-state index contributed by atoms with van der Waals surface area (Å²) in [5, 5.41) is 4.50. The third kappa shape index (κ3) is 6.95. The molecule has 0 amide bonds. The Balaban J connectivity index is 1.20. The van der Waals surface area contributed by atoms with Crippen LogP contribution in [0.4, 0.5) is 5.82 Å². The predicted molar refractivity (Wildman–Crippen MR) is 158 cm³/mol. The monoisotopic (exact) mass is 560 g/mol. The molecule has 1 aliphatic heterocycles. The van der Waals surface area contributed by atoms with Crippen LogP contribution < -0.4 is 10.1 Å². The van der Waals surface area contributed by atoms with Gasteiger partial charge in [0.2, 0.25) is 10.0 Å². The number of hydrogen-bond donors (Lipinski definition) is 1. The smallest absolute Gasteiger partial charge is 0.243 e. The second kappa shape index (κ2) is 12.7. The lowest BCUT2D eigenvalue weighted by Gasteiger charge is -2.33. The number of nitrogens with zero attached hydrogens (tertiary/aromatic N) is 5. The standard InChI is InChI=1S/C30H36N6O3S/c1-34(2)18-8-17-31-30-27-11-6-7-12-28(27)32-29(33-30)23-35-19-21-36(22-20-35)40(37,38)26-15-13-25(14-16-26)39-24-9-4-3-5-10-24/h3-7,9-16H,8,17-23H2,1-2H3,(H,31,32,33). The van der Waals surface area contributed by atoms with Crippen molar-refractivity contribution in [2.75, 3.05) is 58.7 Å². The lowest BCUT2D eigenvalue weighted by atomic mass is 10.2. The van der Waals surface area contributed by atoms with Gasteiger partial charge in [0.1, 0.15) is 23.1 Å². The van der Waals surface area contributed by atoms with Crippen molar-refractivity contribution in [2.24, 2.45) is 0 Å². The third-order valence-corrected chi connectivity index (χ3v) is 8.77. The van der Waals surface area contributed by atoms with E-state index < -0.39 is 10.0 Å². The first-order valence-electron chi connectivity index (χ1n) is 13.6. The number of benzene rings is 3. The SMILES string of the molecule is CN(C)CCCNc1nc(CN2CCN(S(=O)(=O)c3ccc(Oc4ccccc4)cc3)CC2)nc2ccccc12. The highest BCUT2D eigenvalue weighted by atomic mass is 32.2. The fourth-order valence-electron chi connectivity index (χ4n) is 4.71. The summed E-state index contributed by atoms with van der Waals surface area (Å²) in [6.07, 6.45) is 1.01. The van der Waals surface area contributed by atoms with Gasteiger partial charge in [0.15, 0.2) is 0 Å². The van der Waals surface area contributed by atoms with Crippen molar-refractivity contribution in [1.82, 2.24) is 24.1 Å². The minimum atomic E-state index is -3.60. The zero-order chi connectivity index (χ0) is 28.0. The molecule has 3 aromatic carbocycles. The second-order valence-electron chi connectivity index (χ2n) is 10.2. The Morgan fingerprint density at radius 1 is 0.850 bits per heavy atom. The Kier molecular flexibility index (Phi) is 8.91. The number of aromatic nitrogens is 2. The molecule has 0 atom stereocenters. The minimum absolute atomic E-state index is 0.268. The summed E-state index contributed by atoms with van der Waals surface area (Å²) in [5.74, 6) is 2.88. The van der Waals surface area contributed by atoms with Crippen LogP contribution >= 0.6 is 0 Å². The van der Waals surface area contributed by atoms with E-state index in [4.69, 9.17) is 14.7 Å². The van der Waals surface area contributed by atoms with E-state index in [1.54, 1.807) is 28.6 Å². The van der Waals surface area contributed by atoms with Crippen molar-refractivity contribution in [3.8, 4) is 11.5 Å². The van der Waals surface area contributed by atoms with Gasteiger partial charge in [-0.1, -0.05) is 30.3 Å². The van der Waals surface area contributed by atoms with E-state index >= 15 is 0 Å². The van der Waals surface area contributed by atoms with Gasteiger partial charge in [0, 0.05) is 38.1 Å². The maximum Gasteiger partial charge on any atom is 0.243 e. The molecule has 40 heavy (non-hydrogen) atoms. The van der Waals surface area contributed by atoms with Crippen LogP contribution in [0.3, 0.4) is 0 Å². The molecule has 2 heterocycles. The molecule has 0 radical (unpaired) electrons. The van der Waals surface area contributed by atoms with E-state index in [0.717, 1.165) is 42.1 Å². The second-order valence-corrected chi connectivity index (χ2v) is 12.1. The first kappa shape index (κ1) is 28.0. The molecule has 0 unspecified atom stereocenters. The maximum absolute atomic E-state index is 13.3. The zero-order valence-electron chi connectivity index (χ0n) is 23.0. The fourth-order valence-corrected chi connectivity index (χ4v) is 6.14. The van der Waals surface area contributed by atoms with Crippen molar-refractivity contribution in [3.63, 3.8) is 0 Å². The van der Waals surface area contributed by atoms with Crippen LogP contribution in [0.5, 0.6) is 11.5 Å². The van der Waals surface area contributed by atoms with Crippen molar-refractivity contribution in [3.05, 3.63) is 84.7 Å². The molecule has 1 saturated heterocycles. The Hall–Kier alpha value is -3.57. The Bertz CT molecular complexity index is 1510. The Labute approximate surface area is 236 Å². The topological polar surface area (TPSA) is 90.9 Å². The van der Waals surface area contributed by atoms with Crippen LogP contribution in [0.1, 0.15) is 12.2 Å². The molecule has 4 aromatic rings. The molecule has 210 valence electrons. The molecule has 0 saturated carbocycles. The van der Waals surface area contributed by atoms with Gasteiger partial charge in [-0.3, -0.25) is 4.90 Å². The first-order chi connectivity index (χ1) is 19.4. The summed E-state index contributed by atoms with van der Waals surface area (Å²) in [6.45, 7) is 4.43. The first-order valence-corrected chi connectivity index (χ1v) is 15.0. The molecule has 0 aliphatic carbocycles. The average molecular weight is 561 g/mol. The third-order valence-electron chi connectivity index (χ3n) is 6.86. The molecule has 1 fully saturated rings. The summed E-state index contributed by atoms with van der Waals surface area (Å²) in [5.41, 5.74) is 0.906. The molecular formula is C30H36N6O3S. The van der Waals surface area contributed by atoms with E-state index in [0.29, 0.717) is 44.2 Å². The van der Waals surface area contributed by atoms with Crippen LogP contribution in [0.15, 0.2) is 83.8 Å². The van der Waals surface area contributed by atoms with Gasteiger partial charge in [-0.05, 0) is 75.6 Å². The Morgan fingerprint density at radius 3 is 2.25 bits per heavy atom. The van der Waals surface area contributed by atoms with Crippen LogP contribution in [0.2, 0.25) is 0 Å².